The van der Waals surface area contributed by atoms with Crippen LogP contribution in [0.4, 0.5) is 17.6 Å². The van der Waals surface area contributed by atoms with Crippen LogP contribution in [-0.4, -0.2) is 30.9 Å². The van der Waals surface area contributed by atoms with E-state index in [1.807, 2.05) is 68.4 Å². The first-order valence-corrected chi connectivity index (χ1v) is 9.62. The molecule has 0 amide bonds. The number of anilines is 3. The van der Waals surface area contributed by atoms with Crippen LogP contribution in [0.3, 0.4) is 0 Å². The van der Waals surface area contributed by atoms with Gasteiger partial charge in [-0.2, -0.15) is 25.2 Å². The Morgan fingerprint density at radius 1 is 0.933 bits per heavy atom. The van der Waals surface area contributed by atoms with E-state index in [1.165, 1.54) is 0 Å². The van der Waals surface area contributed by atoms with Crippen LogP contribution in [-0.2, 0) is 0 Å². The molecule has 0 bridgehead atoms. The third-order valence-electron chi connectivity index (χ3n) is 4.13. The second-order valence-corrected chi connectivity index (χ2v) is 6.91. The molecular weight excluding hydrogens is 400 g/mol. The second kappa shape index (κ2) is 8.71. The highest BCUT2D eigenvalue weighted by atomic mass is 35.5. The van der Waals surface area contributed by atoms with Crippen molar-refractivity contribution in [1.82, 2.24) is 24.7 Å². The van der Waals surface area contributed by atoms with Crippen LogP contribution in [0.1, 0.15) is 17.0 Å². The van der Waals surface area contributed by atoms with Crippen LogP contribution in [0.2, 0.25) is 5.02 Å². The highest BCUT2D eigenvalue weighted by Crippen LogP contribution is 2.17. The van der Waals surface area contributed by atoms with Crippen LogP contribution < -0.4 is 10.7 Å². The predicted octanol–water partition coefficient (Wildman–Crippen LogP) is 4.52. The fourth-order valence-electron chi connectivity index (χ4n) is 2.79. The number of nitrogens with one attached hydrogen (secondary N) is 2. The van der Waals surface area contributed by atoms with Crippen LogP contribution in [0.25, 0.3) is 5.95 Å². The Hall–Kier alpha value is -3.78. The van der Waals surface area contributed by atoms with Crippen LogP contribution in [0, 0.1) is 13.8 Å². The minimum absolute atomic E-state index is 0.272. The normalized spacial score (nSPS) is 11.0. The van der Waals surface area contributed by atoms with Crippen molar-refractivity contribution >= 4 is 35.4 Å². The molecule has 0 aliphatic rings. The zero-order valence-corrected chi connectivity index (χ0v) is 17.2. The van der Waals surface area contributed by atoms with Crippen molar-refractivity contribution in [2.45, 2.75) is 13.8 Å². The van der Waals surface area contributed by atoms with E-state index in [9.17, 15) is 0 Å². The topological polar surface area (TPSA) is 92.9 Å². The summed E-state index contributed by atoms with van der Waals surface area (Å²) in [5.41, 5.74) is 6.27. The lowest BCUT2D eigenvalue weighted by molar-refractivity contribution is 0.767. The number of para-hydroxylation sites is 1. The fraction of sp³-hybridized carbons (Fsp3) is 0.0952. The van der Waals surface area contributed by atoms with E-state index in [0.29, 0.717) is 16.9 Å². The molecule has 0 fully saturated rings. The molecule has 0 saturated carbocycles. The zero-order valence-electron chi connectivity index (χ0n) is 16.4. The Bertz CT molecular complexity index is 1190. The number of hydrogen-bond donors (Lipinski definition) is 2. The largest absolute Gasteiger partial charge is 0.324 e. The van der Waals surface area contributed by atoms with Crippen molar-refractivity contribution < 1.29 is 0 Å². The molecular formula is C21H19ClN8. The first-order valence-electron chi connectivity index (χ1n) is 9.24. The molecule has 2 aromatic carbocycles. The van der Waals surface area contributed by atoms with E-state index < -0.39 is 0 Å². The van der Waals surface area contributed by atoms with E-state index >= 15 is 0 Å². The number of halogens is 1. The number of hydrogen-bond acceptors (Lipinski definition) is 7. The van der Waals surface area contributed by atoms with E-state index in [4.69, 9.17) is 11.6 Å². The Morgan fingerprint density at radius 2 is 1.67 bits per heavy atom. The fourth-order valence-corrected chi connectivity index (χ4v) is 2.97. The van der Waals surface area contributed by atoms with Gasteiger partial charge in [-0.15, -0.1) is 0 Å². The number of aromatic nitrogens is 5. The Labute approximate surface area is 178 Å². The standard InChI is InChI=1S/C21H19ClN8/c1-14-12-15(2)30(29-14)21-26-19(24-17-9-4-3-5-10-17)25-20(27-21)28-23-13-16-8-6-7-11-18(16)22/h3-13H,1-2H3,(H2,24,25,26,27,28)/b23-13+. The first kappa shape index (κ1) is 19.5. The minimum Gasteiger partial charge on any atom is -0.324 e. The number of benzene rings is 2. The van der Waals surface area contributed by atoms with Gasteiger partial charge in [-0.05, 0) is 38.1 Å². The molecule has 2 aromatic heterocycles. The van der Waals surface area contributed by atoms with Gasteiger partial charge in [0, 0.05) is 22.0 Å². The lowest BCUT2D eigenvalue weighted by atomic mass is 10.2. The third-order valence-corrected chi connectivity index (χ3v) is 4.47. The van der Waals surface area contributed by atoms with E-state index in [1.54, 1.807) is 17.0 Å². The first-order chi connectivity index (χ1) is 14.6. The maximum absolute atomic E-state index is 6.16. The molecule has 2 N–H and O–H groups in total. The minimum atomic E-state index is 0.272. The molecule has 0 unspecified atom stereocenters. The molecule has 2 heterocycles. The molecule has 9 heteroatoms. The lowest BCUT2D eigenvalue weighted by Gasteiger charge is -2.09. The quantitative estimate of drug-likeness (QED) is 0.353. The summed E-state index contributed by atoms with van der Waals surface area (Å²) in [6.45, 7) is 3.86. The molecule has 0 aliphatic carbocycles. The van der Waals surface area contributed by atoms with Crippen LogP contribution >= 0.6 is 11.6 Å². The van der Waals surface area contributed by atoms with Gasteiger partial charge in [-0.25, -0.2) is 10.1 Å². The van der Waals surface area contributed by atoms with Gasteiger partial charge >= 0.3 is 0 Å². The van der Waals surface area contributed by atoms with E-state index in [0.717, 1.165) is 22.6 Å². The van der Waals surface area contributed by atoms with Crippen molar-refractivity contribution in [3.05, 3.63) is 82.6 Å². The molecule has 30 heavy (non-hydrogen) atoms. The van der Waals surface area contributed by atoms with E-state index in [-0.39, 0.29) is 5.95 Å². The summed E-state index contributed by atoms with van der Waals surface area (Å²) in [4.78, 5) is 13.4. The maximum atomic E-state index is 6.16. The third kappa shape index (κ3) is 4.61. The van der Waals surface area contributed by atoms with Gasteiger partial charge < -0.3 is 5.32 Å². The molecule has 8 nitrogen and oxygen atoms in total. The summed E-state index contributed by atoms with van der Waals surface area (Å²) in [7, 11) is 0. The van der Waals surface area contributed by atoms with Crippen molar-refractivity contribution in [2.75, 3.05) is 10.7 Å². The molecule has 0 spiro atoms. The molecule has 0 saturated heterocycles. The maximum Gasteiger partial charge on any atom is 0.257 e. The summed E-state index contributed by atoms with van der Waals surface area (Å²) >= 11 is 6.16. The number of aryl methyl sites for hydroxylation is 2. The molecule has 4 rings (SSSR count). The summed E-state index contributed by atoms with van der Waals surface area (Å²) in [6.07, 6.45) is 1.61. The average Bonchev–Trinajstić information content (AvgIpc) is 3.08. The summed E-state index contributed by atoms with van der Waals surface area (Å²) in [6, 6.07) is 19.0. The number of rotatable bonds is 6. The molecule has 150 valence electrons. The smallest absolute Gasteiger partial charge is 0.257 e. The van der Waals surface area contributed by atoms with Gasteiger partial charge in [0.2, 0.25) is 11.9 Å². The Morgan fingerprint density at radius 3 is 2.40 bits per heavy atom. The van der Waals surface area contributed by atoms with Gasteiger partial charge in [0.05, 0.1) is 11.9 Å². The van der Waals surface area contributed by atoms with Gasteiger partial charge in [-0.1, -0.05) is 48.0 Å². The van der Waals surface area contributed by atoms with Crippen molar-refractivity contribution in [3.63, 3.8) is 0 Å². The van der Waals surface area contributed by atoms with E-state index in [2.05, 4.69) is 35.9 Å². The van der Waals surface area contributed by atoms with Crippen LogP contribution in [0.15, 0.2) is 65.8 Å². The SMILES string of the molecule is Cc1cc(C)n(-c2nc(N/N=C/c3ccccc3Cl)nc(Nc3ccccc3)n2)n1. The summed E-state index contributed by atoms with van der Waals surface area (Å²) in [5, 5.41) is 12.5. The van der Waals surface area contributed by atoms with Gasteiger partial charge in [0.15, 0.2) is 0 Å². The average molecular weight is 419 g/mol. The molecule has 0 radical (unpaired) electrons. The van der Waals surface area contributed by atoms with Gasteiger partial charge in [0.25, 0.3) is 5.95 Å². The second-order valence-electron chi connectivity index (χ2n) is 6.50. The van der Waals surface area contributed by atoms with Crippen molar-refractivity contribution in [3.8, 4) is 5.95 Å². The van der Waals surface area contributed by atoms with Gasteiger partial charge in [-0.3, -0.25) is 0 Å². The summed E-state index contributed by atoms with van der Waals surface area (Å²) in [5.74, 6) is 1.02. The van der Waals surface area contributed by atoms with Crippen molar-refractivity contribution in [2.24, 2.45) is 5.10 Å². The Balaban J connectivity index is 1.66. The summed E-state index contributed by atoms with van der Waals surface area (Å²) < 4.78 is 1.66. The Kier molecular flexibility index (Phi) is 5.67. The molecule has 0 atom stereocenters. The molecule has 0 aliphatic heterocycles. The van der Waals surface area contributed by atoms with Crippen LogP contribution in [0.5, 0.6) is 0 Å². The lowest BCUT2D eigenvalue weighted by Crippen LogP contribution is -2.11. The van der Waals surface area contributed by atoms with Crippen molar-refractivity contribution in [1.29, 1.82) is 0 Å². The van der Waals surface area contributed by atoms with Gasteiger partial charge in [0.1, 0.15) is 0 Å². The predicted molar refractivity (Wildman–Crippen MR) is 119 cm³/mol. The monoisotopic (exact) mass is 418 g/mol. The zero-order chi connectivity index (χ0) is 20.9. The molecule has 4 aromatic rings. The highest BCUT2D eigenvalue weighted by molar-refractivity contribution is 6.33. The number of nitrogens with zero attached hydrogens (tertiary/aromatic N) is 6. The highest BCUT2D eigenvalue weighted by Gasteiger charge is 2.12. The number of hydrazone groups is 1.